The van der Waals surface area contributed by atoms with Crippen molar-refractivity contribution in [3.8, 4) is 0 Å². The number of rotatable bonds is 7. The number of tetrazole rings is 1. The van der Waals surface area contributed by atoms with Crippen molar-refractivity contribution in [2.75, 3.05) is 12.3 Å². The van der Waals surface area contributed by atoms with Crippen LogP contribution >= 0.6 is 11.8 Å². The summed E-state index contributed by atoms with van der Waals surface area (Å²) in [6.45, 7) is 6.57. The van der Waals surface area contributed by atoms with Crippen LogP contribution in [0.2, 0.25) is 0 Å². The molecule has 0 aliphatic rings. The number of hydrogen-bond donors (Lipinski definition) is 1. The van der Waals surface area contributed by atoms with Crippen LogP contribution in [0.1, 0.15) is 38.6 Å². The van der Waals surface area contributed by atoms with E-state index in [9.17, 15) is 4.79 Å². The number of imidazole rings is 1. The molecule has 2 heterocycles. The molecule has 0 aliphatic heterocycles. The van der Waals surface area contributed by atoms with Gasteiger partial charge in [-0.05, 0) is 17.4 Å². The minimum Gasteiger partial charge on any atom is -0.353 e. The van der Waals surface area contributed by atoms with Gasteiger partial charge in [-0.25, -0.2) is 9.67 Å². The number of hydrogen-bond acceptors (Lipinski definition) is 6. The lowest BCUT2D eigenvalue weighted by atomic mass is 10.2. The third kappa shape index (κ3) is 3.85. The van der Waals surface area contributed by atoms with Gasteiger partial charge in [-0.15, -0.1) is 5.10 Å². The van der Waals surface area contributed by atoms with Gasteiger partial charge in [-0.1, -0.05) is 25.6 Å². The van der Waals surface area contributed by atoms with Crippen molar-refractivity contribution in [2.45, 2.75) is 37.9 Å². The Morgan fingerprint density at radius 3 is 2.82 bits per heavy atom. The van der Waals surface area contributed by atoms with E-state index < -0.39 is 0 Å². The molecule has 1 atom stereocenters. The van der Waals surface area contributed by atoms with Gasteiger partial charge in [0.25, 0.3) is 0 Å². The molecular formula is C13H21N7OS. The van der Waals surface area contributed by atoms with Gasteiger partial charge in [0.15, 0.2) is 0 Å². The Morgan fingerprint density at radius 1 is 1.41 bits per heavy atom. The molecule has 0 fully saturated rings. The summed E-state index contributed by atoms with van der Waals surface area (Å²) in [5.41, 5.74) is 0. The maximum Gasteiger partial charge on any atom is 0.242 e. The molecule has 1 N–H and O–H groups in total. The third-order valence-electron chi connectivity index (χ3n) is 3.23. The van der Waals surface area contributed by atoms with E-state index in [0.29, 0.717) is 12.3 Å². The van der Waals surface area contributed by atoms with E-state index in [-0.39, 0.29) is 17.9 Å². The first-order chi connectivity index (χ1) is 10.5. The zero-order chi connectivity index (χ0) is 16.1. The first-order valence-electron chi connectivity index (χ1n) is 7.16. The topological polar surface area (TPSA) is 90.5 Å². The molecule has 0 radical (unpaired) electrons. The largest absolute Gasteiger partial charge is 0.353 e. The van der Waals surface area contributed by atoms with Crippen molar-refractivity contribution in [1.82, 2.24) is 35.1 Å². The second-order valence-electron chi connectivity index (χ2n) is 5.25. The van der Waals surface area contributed by atoms with Gasteiger partial charge < -0.3 is 9.88 Å². The third-order valence-corrected chi connectivity index (χ3v) is 4.24. The predicted molar refractivity (Wildman–Crippen MR) is 83.6 cm³/mol. The van der Waals surface area contributed by atoms with Gasteiger partial charge >= 0.3 is 0 Å². The number of aromatic nitrogens is 6. The highest BCUT2D eigenvalue weighted by atomic mass is 32.2. The molecule has 0 saturated carbocycles. The molecule has 0 bridgehead atoms. The van der Waals surface area contributed by atoms with E-state index in [4.69, 9.17) is 0 Å². The fourth-order valence-corrected chi connectivity index (χ4v) is 2.74. The van der Waals surface area contributed by atoms with Gasteiger partial charge in [-0.3, -0.25) is 4.79 Å². The summed E-state index contributed by atoms with van der Waals surface area (Å²) in [6, 6.07) is -0.276. The zero-order valence-electron chi connectivity index (χ0n) is 13.2. The molecule has 22 heavy (non-hydrogen) atoms. The summed E-state index contributed by atoms with van der Waals surface area (Å²) < 4.78 is 3.52. The minimum absolute atomic E-state index is 0.0170. The van der Waals surface area contributed by atoms with Gasteiger partial charge in [0, 0.05) is 37.7 Å². The number of amides is 1. The number of aryl methyl sites for hydroxylation is 1. The van der Waals surface area contributed by atoms with Crippen molar-refractivity contribution in [3.63, 3.8) is 0 Å². The molecule has 1 amide bonds. The molecule has 2 rings (SSSR count). The molecule has 9 heteroatoms. The molecular weight excluding hydrogens is 302 g/mol. The van der Waals surface area contributed by atoms with Gasteiger partial charge in [-0.2, -0.15) is 0 Å². The van der Waals surface area contributed by atoms with E-state index in [1.807, 2.05) is 17.7 Å². The quantitative estimate of drug-likeness (QED) is 0.604. The molecule has 2 aromatic rings. The number of carbonyl (C=O) groups excluding carboxylic acids is 1. The van der Waals surface area contributed by atoms with Gasteiger partial charge in [0.1, 0.15) is 11.9 Å². The van der Waals surface area contributed by atoms with Crippen molar-refractivity contribution in [3.05, 3.63) is 18.2 Å². The van der Waals surface area contributed by atoms with E-state index >= 15 is 0 Å². The summed E-state index contributed by atoms with van der Waals surface area (Å²) in [6.07, 6.45) is 3.58. The van der Waals surface area contributed by atoms with Crippen LogP contribution in [0.5, 0.6) is 0 Å². The summed E-state index contributed by atoms with van der Waals surface area (Å²) in [4.78, 5) is 16.5. The molecule has 2 aromatic heterocycles. The molecule has 8 nitrogen and oxygen atoms in total. The highest BCUT2D eigenvalue weighted by molar-refractivity contribution is 7.99. The van der Waals surface area contributed by atoms with Crippen LogP contribution in [0, 0.1) is 0 Å². The second kappa shape index (κ2) is 7.39. The van der Waals surface area contributed by atoms with Crippen LogP contribution in [0.3, 0.4) is 0 Å². The number of thioether (sulfide) groups is 1. The molecule has 120 valence electrons. The van der Waals surface area contributed by atoms with E-state index in [1.54, 1.807) is 17.9 Å². The fraction of sp³-hybridized carbons (Fsp3) is 0.615. The lowest BCUT2D eigenvalue weighted by Crippen LogP contribution is -2.33. The van der Waals surface area contributed by atoms with E-state index in [1.165, 1.54) is 11.8 Å². The number of nitrogens with one attached hydrogen (secondary N) is 1. The highest BCUT2D eigenvalue weighted by Gasteiger charge is 2.18. The van der Waals surface area contributed by atoms with E-state index in [0.717, 1.165) is 11.0 Å². The Balaban J connectivity index is 1.82. The monoisotopic (exact) mass is 323 g/mol. The van der Waals surface area contributed by atoms with Crippen LogP contribution in [0.25, 0.3) is 0 Å². The van der Waals surface area contributed by atoms with Crippen LogP contribution < -0.4 is 5.32 Å². The molecule has 0 aromatic carbocycles. The summed E-state index contributed by atoms with van der Waals surface area (Å²) >= 11 is 1.51. The van der Waals surface area contributed by atoms with Crippen molar-refractivity contribution >= 4 is 17.7 Å². The van der Waals surface area contributed by atoms with Crippen LogP contribution in [-0.2, 0) is 11.8 Å². The van der Waals surface area contributed by atoms with Crippen molar-refractivity contribution in [2.24, 2.45) is 7.05 Å². The van der Waals surface area contributed by atoms with Crippen molar-refractivity contribution in [1.29, 1.82) is 0 Å². The van der Waals surface area contributed by atoms with Gasteiger partial charge in [0.05, 0.1) is 0 Å². The molecule has 0 unspecified atom stereocenters. The Kier molecular flexibility index (Phi) is 5.53. The standard InChI is InChI=1S/C13H21N7OS/c1-9(2)11-14-5-7-20(11)10(3)12(21)15-6-8-22-13-16-17-18-19(13)4/h5,7,9-10H,6,8H2,1-4H3,(H,15,21)/t10-/m1/s1. The van der Waals surface area contributed by atoms with Crippen LogP contribution in [0.4, 0.5) is 0 Å². The lowest BCUT2D eigenvalue weighted by molar-refractivity contribution is -0.123. The number of nitrogens with zero attached hydrogens (tertiary/aromatic N) is 6. The lowest BCUT2D eigenvalue weighted by Gasteiger charge is -2.17. The Hall–Kier alpha value is -1.90. The van der Waals surface area contributed by atoms with Crippen molar-refractivity contribution < 1.29 is 4.79 Å². The average molecular weight is 323 g/mol. The highest BCUT2D eigenvalue weighted by Crippen LogP contribution is 2.17. The zero-order valence-corrected chi connectivity index (χ0v) is 14.0. The molecule has 0 spiro atoms. The SMILES string of the molecule is CC(C)c1nccn1[C@H](C)C(=O)NCCSc1nnnn1C. The first kappa shape index (κ1) is 16.5. The normalized spacial score (nSPS) is 12.6. The minimum atomic E-state index is -0.276. The summed E-state index contributed by atoms with van der Waals surface area (Å²) in [5.74, 6) is 1.90. The predicted octanol–water partition coefficient (Wildman–Crippen LogP) is 0.999. The number of carbonyl (C=O) groups is 1. The summed E-state index contributed by atoms with van der Waals surface area (Å²) in [7, 11) is 1.79. The Labute approximate surface area is 133 Å². The Bertz CT molecular complexity index is 621. The smallest absolute Gasteiger partial charge is 0.242 e. The average Bonchev–Trinajstić information content (AvgIpc) is 3.11. The first-order valence-corrected chi connectivity index (χ1v) is 8.15. The van der Waals surface area contributed by atoms with Crippen LogP contribution in [0.15, 0.2) is 17.6 Å². The fourth-order valence-electron chi connectivity index (χ4n) is 2.03. The van der Waals surface area contributed by atoms with Crippen LogP contribution in [-0.4, -0.2) is 48.0 Å². The molecule has 0 saturated heterocycles. The van der Waals surface area contributed by atoms with Gasteiger partial charge in [0.2, 0.25) is 11.1 Å². The second-order valence-corrected chi connectivity index (χ2v) is 6.31. The molecule has 0 aliphatic carbocycles. The maximum absolute atomic E-state index is 12.2. The Morgan fingerprint density at radius 2 is 2.18 bits per heavy atom. The maximum atomic E-state index is 12.2. The summed E-state index contributed by atoms with van der Waals surface area (Å²) in [5, 5.41) is 14.9. The van der Waals surface area contributed by atoms with E-state index in [2.05, 4.69) is 39.7 Å².